The van der Waals surface area contributed by atoms with Gasteiger partial charge in [0.15, 0.2) is 0 Å². The van der Waals surface area contributed by atoms with Gasteiger partial charge in [-0.2, -0.15) is 0 Å². The molecule has 0 fully saturated rings. The molecule has 0 aliphatic rings. The third-order valence-electron chi connectivity index (χ3n) is 2.05. The fourth-order valence-corrected chi connectivity index (χ4v) is 1.35. The summed E-state index contributed by atoms with van der Waals surface area (Å²) in [5.41, 5.74) is 0.755. The molecule has 0 aromatic heterocycles. The normalized spacial score (nSPS) is 16.5. The Hall–Kier alpha value is -0.570. The fourth-order valence-electron chi connectivity index (χ4n) is 1.05. The predicted molar refractivity (Wildman–Crippen MR) is 67.2 cm³/mol. The van der Waals surface area contributed by atoms with Crippen molar-refractivity contribution >= 4 is 21.9 Å². The SMILES string of the molecule is CC=C(C)CC=CC(C)(CBr)OC(C)=O. The third kappa shape index (κ3) is 6.50. The summed E-state index contributed by atoms with van der Waals surface area (Å²) in [7, 11) is 0. The molecule has 2 nitrogen and oxygen atoms in total. The summed E-state index contributed by atoms with van der Waals surface area (Å²) in [6, 6.07) is 0. The van der Waals surface area contributed by atoms with E-state index in [1.54, 1.807) is 0 Å². The van der Waals surface area contributed by atoms with Gasteiger partial charge in [-0.1, -0.05) is 33.7 Å². The molecule has 0 N–H and O–H groups in total. The average Bonchev–Trinajstić information content (AvgIpc) is 2.16. The number of alkyl halides is 1. The van der Waals surface area contributed by atoms with Crippen molar-refractivity contribution in [3.8, 4) is 0 Å². The maximum absolute atomic E-state index is 10.9. The molecule has 0 radical (unpaired) electrons. The second kappa shape index (κ2) is 6.83. The molecule has 86 valence electrons. The van der Waals surface area contributed by atoms with E-state index in [4.69, 9.17) is 4.74 Å². The highest BCUT2D eigenvalue weighted by molar-refractivity contribution is 9.09. The first kappa shape index (κ1) is 14.4. The van der Waals surface area contributed by atoms with Crippen molar-refractivity contribution in [2.24, 2.45) is 0 Å². The molecule has 0 bridgehead atoms. The van der Waals surface area contributed by atoms with Gasteiger partial charge in [-0.15, -0.1) is 0 Å². The largest absolute Gasteiger partial charge is 0.454 e. The Labute approximate surface area is 101 Å². The Morgan fingerprint density at radius 3 is 2.47 bits per heavy atom. The van der Waals surface area contributed by atoms with E-state index < -0.39 is 5.60 Å². The monoisotopic (exact) mass is 274 g/mol. The van der Waals surface area contributed by atoms with Crippen LogP contribution in [0.15, 0.2) is 23.8 Å². The molecule has 0 spiro atoms. The van der Waals surface area contributed by atoms with Gasteiger partial charge in [-0.3, -0.25) is 4.79 Å². The molecular weight excluding hydrogens is 256 g/mol. The van der Waals surface area contributed by atoms with E-state index in [9.17, 15) is 4.79 Å². The summed E-state index contributed by atoms with van der Waals surface area (Å²) in [6.45, 7) is 7.39. The van der Waals surface area contributed by atoms with Crippen LogP contribution in [-0.2, 0) is 9.53 Å². The van der Waals surface area contributed by atoms with E-state index in [0.29, 0.717) is 5.33 Å². The zero-order valence-electron chi connectivity index (χ0n) is 9.84. The number of halogens is 1. The van der Waals surface area contributed by atoms with E-state index in [0.717, 1.165) is 6.42 Å². The van der Waals surface area contributed by atoms with Gasteiger partial charge in [-0.05, 0) is 33.3 Å². The number of hydrogen-bond acceptors (Lipinski definition) is 2. The van der Waals surface area contributed by atoms with Crippen LogP contribution >= 0.6 is 15.9 Å². The summed E-state index contributed by atoms with van der Waals surface area (Å²) in [5.74, 6) is -0.260. The number of ether oxygens (including phenoxy) is 1. The lowest BCUT2D eigenvalue weighted by Gasteiger charge is -2.23. The number of carbonyl (C=O) groups excluding carboxylic acids is 1. The first-order chi connectivity index (χ1) is 6.93. The van der Waals surface area contributed by atoms with Crippen LogP contribution in [0.2, 0.25) is 0 Å². The molecule has 0 aliphatic heterocycles. The third-order valence-corrected chi connectivity index (χ3v) is 3.16. The van der Waals surface area contributed by atoms with Crippen LogP contribution in [0.3, 0.4) is 0 Å². The first-order valence-electron chi connectivity index (χ1n) is 4.98. The fraction of sp³-hybridized carbons (Fsp3) is 0.583. The zero-order valence-corrected chi connectivity index (χ0v) is 11.4. The highest BCUT2D eigenvalue weighted by Gasteiger charge is 2.22. The lowest BCUT2D eigenvalue weighted by molar-refractivity contribution is -0.149. The number of carbonyl (C=O) groups is 1. The van der Waals surface area contributed by atoms with E-state index in [1.165, 1.54) is 12.5 Å². The van der Waals surface area contributed by atoms with Crippen LogP contribution in [-0.4, -0.2) is 16.9 Å². The van der Waals surface area contributed by atoms with Crippen molar-refractivity contribution in [2.45, 2.75) is 39.7 Å². The first-order valence-corrected chi connectivity index (χ1v) is 6.10. The summed E-state index contributed by atoms with van der Waals surface area (Å²) < 4.78 is 5.21. The van der Waals surface area contributed by atoms with Crippen molar-refractivity contribution in [1.82, 2.24) is 0 Å². The molecule has 15 heavy (non-hydrogen) atoms. The Morgan fingerprint density at radius 2 is 2.07 bits per heavy atom. The van der Waals surface area contributed by atoms with Crippen LogP contribution in [0.25, 0.3) is 0 Å². The van der Waals surface area contributed by atoms with Crippen LogP contribution in [0.5, 0.6) is 0 Å². The molecule has 3 heteroatoms. The Bertz CT molecular complexity index is 269. The molecule has 0 aliphatic carbocycles. The highest BCUT2D eigenvalue weighted by atomic mass is 79.9. The van der Waals surface area contributed by atoms with Crippen molar-refractivity contribution in [1.29, 1.82) is 0 Å². The minimum absolute atomic E-state index is 0.260. The number of hydrogen-bond donors (Lipinski definition) is 0. The van der Waals surface area contributed by atoms with Crippen LogP contribution < -0.4 is 0 Å². The number of rotatable bonds is 5. The van der Waals surface area contributed by atoms with Crippen molar-refractivity contribution < 1.29 is 9.53 Å². The molecule has 0 heterocycles. The maximum atomic E-state index is 10.9. The molecule has 1 unspecified atom stereocenters. The quantitative estimate of drug-likeness (QED) is 0.435. The van der Waals surface area contributed by atoms with E-state index in [2.05, 4.69) is 28.9 Å². The molecule has 0 saturated carbocycles. The van der Waals surface area contributed by atoms with Gasteiger partial charge in [0.2, 0.25) is 0 Å². The summed E-state index contributed by atoms with van der Waals surface area (Å²) in [4.78, 5) is 10.9. The second-order valence-corrected chi connectivity index (χ2v) is 4.34. The smallest absolute Gasteiger partial charge is 0.303 e. The number of allylic oxidation sites excluding steroid dienone is 3. The molecule has 0 aromatic rings. The lowest BCUT2D eigenvalue weighted by Crippen LogP contribution is -2.30. The Balaban J connectivity index is 4.36. The molecule has 0 aromatic carbocycles. The number of esters is 1. The molecule has 0 saturated heterocycles. The van der Waals surface area contributed by atoms with Crippen LogP contribution in [0.1, 0.15) is 34.1 Å². The Morgan fingerprint density at radius 1 is 1.47 bits per heavy atom. The Kier molecular flexibility index (Phi) is 6.57. The average molecular weight is 275 g/mol. The van der Waals surface area contributed by atoms with Gasteiger partial charge < -0.3 is 4.74 Å². The van der Waals surface area contributed by atoms with Crippen molar-refractivity contribution in [3.63, 3.8) is 0 Å². The summed E-state index contributed by atoms with van der Waals surface area (Å²) in [6.07, 6.45) is 6.91. The standard InChI is InChI=1S/C12H19BrO2/c1-5-10(2)7-6-8-12(4,9-13)15-11(3)14/h5-6,8H,7,9H2,1-4H3. The van der Waals surface area contributed by atoms with Gasteiger partial charge in [0.25, 0.3) is 0 Å². The van der Waals surface area contributed by atoms with E-state index in [-0.39, 0.29) is 5.97 Å². The van der Waals surface area contributed by atoms with Crippen LogP contribution in [0.4, 0.5) is 0 Å². The van der Waals surface area contributed by atoms with Gasteiger partial charge in [-0.25, -0.2) is 0 Å². The van der Waals surface area contributed by atoms with Gasteiger partial charge in [0.1, 0.15) is 5.60 Å². The summed E-state index contributed by atoms with van der Waals surface area (Å²) in [5, 5.41) is 0.602. The summed E-state index contributed by atoms with van der Waals surface area (Å²) >= 11 is 3.34. The second-order valence-electron chi connectivity index (χ2n) is 3.78. The van der Waals surface area contributed by atoms with Crippen LogP contribution in [0, 0.1) is 0 Å². The molecule has 0 amide bonds. The molecule has 1 atom stereocenters. The van der Waals surface area contributed by atoms with Gasteiger partial charge >= 0.3 is 5.97 Å². The van der Waals surface area contributed by atoms with E-state index in [1.807, 2.05) is 26.0 Å². The van der Waals surface area contributed by atoms with Crippen molar-refractivity contribution in [2.75, 3.05) is 5.33 Å². The molecular formula is C12H19BrO2. The van der Waals surface area contributed by atoms with Crippen molar-refractivity contribution in [3.05, 3.63) is 23.8 Å². The maximum Gasteiger partial charge on any atom is 0.303 e. The van der Waals surface area contributed by atoms with Gasteiger partial charge in [0.05, 0.1) is 0 Å². The topological polar surface area (TPSA) is 26.3 Å². The lowest BCUT2D eigenvalue weighted by atomic mass is 10.1. The minimum atomic E-state index is -0.542. The van der Waals surface area contributed by atoms with E-state index >= 15 is 0 Å². The highest BCUT2D eigenvalue weighted by Crippen LogP contribution is 2.17. The molecule has 0 rings (SSSR count). The minimum Gasteiger partial charge on any atom is -0.454 e. The zero-order chi connectivity index (χ0) is 11.9. The predicted octanol–water partition coefficient (Wildman–Crippen LogP) is 3.62. The van der Waals surface area contributed by atoms with Gasteiger partial charge in [0, 0.05) is 12.3 Å².